The van der Waals surface area contributed by atoms with Gasteiger partial charge in [-0.15, -0.1) is 12.8 Å². The quantitative estimate of drug-likeness (QED) is 0.499. The first-order valence-corrected chi connectivity index (χ1v) is 12.3. The zero-order valence-electron chi connectivity index (χ0n) is 20.3. The van der Waals surface area contributed by atoms with Gasteiger partial charge >= 0.3 is 0 Å². The molecule has 2 saturated heterocycles. The van der Waals surface area contributed by atoms with Crippen LogP contribution in [0.2, 0.25) is 0 Å². The van der Waals surface area contributed by atoms with Gasteiger partial charge in [-0.1, -0.05) is 0 Å². The maximum atomic E-state index is 14.9. The molecule has 4 aliphatic rings. The number of anilines is 4. The fraction of sp³-hybridized carbons (Fsp3) is 0.462. The van der Waals surface area contributed by atoms with Crippen molar-refractivity contribution in [1.29, 1.82) is 0 Å². The lowest BCUT2D eigenvalue weighted by atomic mass is 9.76. The zero-order valence-corrected chi connectivity index (χ0v) is 20.3. The standard InChI is InChI=1S/C24H28FN7O2.C2H2/c1-30-8-10-31(11-9-30)19-5-2-16(12-18(19)25)28-23-27-14-15-13-24(6-7-26-21(24)33)22(34)32(17-3-4-17)20(15)29-23;1-2/h2,5,12,14,17H,3-4,6-11,13H2,1H3,(H,26,33)(H,27,28,29);1-2H. The highest BCUT2D eigenvalue weighted by Gasteiger charge is 2.57. The molecular formula is C26H30FN7O2. The molecule has 2 amide bonds. The number of fused-ring (bicyclic) bond motifs is 1. The predicted molar refractivity (Wildman–Crippen MR) is 136 cm³/mol. The summed E-state index contributed by atoms with van der Waals surface area (Å²) in [5.74, 6) is 0.203. The molecule has 1 unspecified atom stereocenters. The molecule has 9 nitrogen and oxygen atoms in total. The number of terminal acetylenes is 1. The van der Waals surface area contributed by atoms with Gasteiger partial charge in [-0.05, 0) is 44.5 Å². The van der Waals surface area contributed by atoms with E-state index in [9.17, 15) is 14.0 Å². The number of aromatic nitrogens is 2. The van der Waals surface area contributed by atoms with E-state index in [0.29, 0.717) is 42.5 Å². The highest BCUT2D eigenvalue weighted by atomic mass is 19.1. The monoisotopic (exact) mass is 491 g/mol. The zero-order chi connectivity index (χ0) is 25.4. The lowest BCUT2D eigenvalue weighted by Crippen LogP contribution is -2.54. The maximum Gasteiger partial charge on any atom is 0.244 e. The van der Waals surface area contributed by atoms with Gasteiger partial charge in [0.2, 0.25) is 17.8 Å². The van der Waals surface area contributed by atoms with Crippen LogP contribution in [0.25, 0.3) is 0 Å². The van der Waals surface area contributed by atoms with E-state index in [4.69, 9.17) is 0 Å². The highest BCUT2D eigenvalue weighted by Crippen LogP contribution is 2.45. The minimum Gasteiger partial charge on any atom is -0.367 e. The molecule has 1 spiro atoms. The molecule has 1 aromatic heterocycles. The molecule has 1 atom stereocenters. The first kappa shape index (κ1) is 24.0. The van der Waals surface area contributed by atoms with E-state index in [-0.39, 0.29) is 23.7 Å². The Morgan fingerprint density at radius 2 is 1.92 bits per heavy atom. The number of rotatable bonds is 4. The number of carbonyl (C=O) groups is 2. The molecule has 3 aliphatic heterocycles. The lowest BCUT2D eigenvalue weighted by Gasteiger charge is -2.38. The highest BCUT2D eigenvalue weighted by molar-refractivity contribution is 6.14. The van der Waals surface area contributed by atoms with Gasteiger partial charge in [-0.2, -0.15) is 4.98 Å². The Kier molecular flexibility index (Phi) is 6.26. The van der Waals surface area contributed by atoms with E-state index in [0.717, 1.165) is 44.6 Å². The smallest absolute Gasteiger partial charge is 0.244 e. The summed E-state index contributed by atoms with van der Waals surface area (Å²) in [7, 11) is 2.07. The van der Waals surface area contributed by atoms with E-state index in [1.54, 1.807) is 17.2 Å². The van der Waals surface area contributed by atoms with Crippen LogP contribution in [0.1, 0.15) is 24.8 Å². The fourth-order valence-electron chi connectivity index (χ4n) is 5.25. The van der Waals surface area contributed by atoms with Gasteiger partial charge in [-0.3, -0.25) is 14.5 Å². The Bertz CT molecular complexity index is 1210. The van der Waals surface area contributed by atoms with Gasteiger partial charge in [-0.25, -0.2) is 9.37 Å². The van der Waals surface area contributed by atoms with E-state index in [2.05, 4.69) is 50.3 Å². The summed E-state index contributed by atoms with van der Waals surface area (Å²) < 4.78 is 14.9. The van der Waals surface area contributed by atoms with Gasteiger partial charge in [0, 0.05) is 62.6 Å². The van der Waals surface area contributed by atoms with Gasteiger partial charge in [0.05, 0.1) is 5.69 Å². The third kappa shape index (κ3) is 4.13. The Morgan fingerprint density at radius 3 is 2.56 bits per heavy atom. The molecular weight excluding hydrogens is 461 g/mol. The minimum absolute atomic E-state index is 0.0693. The van der Waals surface area contributed by atoms with E-state index in [1.807, 2.05) is 6.07 Å². The van der Waals surface area contributed by atoms with Crippen molar-refractivity contribution < 1.29 is 14.0 Å². The van der Waals surface area contributed by atoms with Crippen LogP contribution >= 0.6 is 0 Å². The van der Waals surface area contributed by atoms with Gasteiger partial charge in [0.25, 0.3) is 0 Å². The molecule has 0 bridgehead atoms. The number of halogens is 1. The van der Waals surface area contributed by atoms with Crippen molar-refractivity contribution in [2.45, 2.75) is 31.7 Å². The number of benzene rings is 1. The van der Waals surface area contributed by atoms with Crippen LogP contribution in [0.5, 0.6) is 0 Å². The number of hydrogen-bond donors (Lipinski definition) is 2. The average molecular weight is 492 g/mol. The second-order valence-electron chi connectivity index (χ2n) is 9.80. The van der Waals surface area contributed by atoms with Crippen molar-refractivity contribution in [2.24, 2.45) is 5.41 Å². The Morgan fingerprint density at radius 1 is 1.17 bits per heavy atom. The number of nitrogens with zero attached hydrogens (tertiary/aromatic N) is 5. The number of carbonyl (C=O) groups excluding carboxylic acids is 2. The van der Waals surface area contributed by atoms with Crippen molar-refractivity contribution in [3.63, 3.8) is 0 Å². The third-order valence-electron chi connectivity index (χ3n) is 7.42. The second-order valence-corrected chi connectivity index (χ2v) is 9.80. The van der Waals surface area contributed by atoms with Crippen LogP contribution in [0.3, 0.4) is 0 Å². The van der Waals surface area contributed by atoms with Crippen LogP contribution < -0.4 is 20.4 Å². The Balaban J connectivity index is 0.00000130. The van der Waals surface area contributed by atoms with E-state index in [1.165, 1.54) is 6.07 Å². The summed E-state index contributed by atoms with van der Waals surface area (Å²) in [4.78, 5) is 41.1. The number of hydrogen-bond acceptors (Lipinski definition) is 7. The van der Waals surface area contributed by atoms with Crippen LogP contribution in [0.15, 0.2) is 24.4 Å². The van der Waals surface area contributed by atoms with Gasteiger partial charge in [0.15, 0.2) is 0 Å². The van der Waals surface area contributed by atoms with E-state index >= 15 is 0 Å². The van der Waals surface area contributed by atoms with Crippen molar-refractivity contribution in [3.05, 3.63) is 35.8 Å². The summed E-state index contributed by atoms with van der Waals surface area (Å²) in [6.07, 6.45) is 12.3. The molecule has 1 aromatic carbocycles. The summed E-state index contributed by atoms with van der Waals surface area (Å²) in [5, 5.41) is 5.91. The first-order valence-electron chi connectivity index (χ1n) is 12.3. The van der Waals surface area contributed by atoms with Crippen molar-refractivity contribution in [1.82, 2.24) is 20.2 Å². The molecule has 1 aliphatic carbocycles. The van der Waals surface area contributed by atoms with Crippen molar-refractivity contribution >= 4 is 35.0 Å². The third-order valence-corrected chi connectivity index (χ3v) is 7.42. The lowest BCUT2D eigenvalue weighted by molar-refractivity contribution is -0.139. The predicted octanol–water partition coefficient (Wildman–Crippen LogP) is 1.92. The topological polar surface area (TPSA) is 93.7 Å². The van der Waals surface area contributed by atoms with Gasteiger partial charge < -0.3 is 20.4 Å². The molecule has 6 rings (SSSR count). The molecule has 4 heterocycles. The maximum absolute atomic E-state index is 14.9. The van der Waals surface area contributed by atoms with Crippen LogP contribution in [-0.2, 0) is 16.0 Å². The normalized spacial score (nSPS) is 23.7. The molecule has 0 radical (unpaired) electrons. The molecule has 1 saturated carbocycles. The molecule has 10 heteroatoms. The fourth-order valence-corrected chi connectivity index (χ4v) is 5.25. The number of likely N-dealkylation sites (N-methyl/N-ethyl adjacent to an activating group) is 1. The molecule has 2 aromatic rings. The summed E-state index contributed by atoms with van der Waals surface area (Å²) >= 11 is 0. The van der Waals surface area contributed by atoms with Crippen molar-refractivity contribution in [3.8, 4) is 12.8 Å². The average Bonchev–Trinajstić information content (AvgIpc) is 3.65. The Hall–Kier alpha value is -3.71. The number of piperazine rings is 1. The van der Waals surface area contributed by atoms with Crippen molar-refractivity contribution in [2.75, 3.05) is 54.9 Å². The second kappa shape index (κ2) is 9.39. The SMILES string of the molecule is C#C.CN1CCN(c2ccc(Nc3ncc4c(n3)N(C3CC3)C(=O)C3(CCNC3=O)C4)cc2F)CC1. The molecule has 3 fully saturated rings. The largest absolute Gasteiger partial charge is 0.367 e. The minimum atomic E-state index is -1.05. The van der Waals surface area contributed by atoms with Gasteiger partial charge in [0.1, 0.15) is 17.1 Å². The Labute approximate surface area is 210 Å². The first-order chi connectivity index (χ1) is 17.4. The van der Waals surface area contributed by atoms with Crippen LogP contribution in [0.4, 0.5) is 27.5 Å². The molecule has 2 N–H and O–H groups in total. The van der Waals surface area contributed by atoms with E-state index < -0.39 is 5.41 Å². The molecule has 188 valence electrons. The molecule has 36 heavy (non-hydrogen) atoms. The number of nitrogens with one attached hydrogen (secondary N) is 2. The van der Waals surface area contributed by atoms with Crippen LogP contribution in [0, 0.1) is 24.1 Å². The summed E-state index contributed by atoms with van der Waals surface area (Å²) in [5.41, 5.74) is 0.888. The summed E-state index contributed by atoms with van der Waals surface area (Å²) in [6, 6.07) is 5.13. The summed E-state index contributed by atoms with van der Waals surface area (Å²) in [6.45, 7) is 3.90. The van der Waals surface area contributed by atoms with Crippen LogP contribution in [-0.4, -0.2) is 72.5 Å². The number of amides is 2.